The van der Waals surface area contributed by atoms with Gasteiger partial charge in [0.15, 0.2) is 5.52 Å². The first kappa shape index (κ1) is 15.5. The van der Waals surface area contributed by atoms with Gasteiger partial charge in [-0.15, -0.1) is 0 Å². The molecule has 0 bridgehead atoms. The largest absolute Gasteiger partial charge is 0.479 e. The second-order valence-electron chi connectivity index (χ2n) is 5.46. The molecule has 0 unspecified atom stereocenters. The zero-order valence-corrected chi connectivity index (χ0v) is 13.1. The third-order valence-corrected chi connectivity index (χ3v) is 2.68. The van der Waals surface area contributed by atoms with Gasteiger partial charge in [-0.2, -0.15) is 10.1 Å². The third-order valence-electron chi connectivity index (χ3n) is 2.51. The molecular weight excluding hydrogens is 296 g/mol. The minimum Gasteiger partial charge on any atom is -0.479 e. The maximum atomic E-state index is 11.7. The Bertz CT molecular complexity index is 663. The van der Waals surface area contributed by atoms with Crippen LogP contribution in [0, 0.1) is 0 Å². The predicted octanol–water partition coefficient (Wildman–Crippen LogP) is 2.22. The maximum Gasteiger partial charge on any atom is 0.308 e. The summed E-state index contributed by atoms with van der Waals surface area (Å²) < 4.78 is 12.0. The number of hydrogen-bond donors (Lipinski definition) is 0. The highest BCUT2D eigenvalue weighted by Gasteiger charge is 2.17. The van der Waals surface area contributed by atoms with Gasteiger partial charge in [0, 0.05) is 0 Å². The van der Waals surface area contributed by atoms with Gasteiger partial charge >= 0.3 is 5.97 Å². The van der Waals surface area contributed by atoms with Gasteiger partial charge in [0.2, 0.25) is 11.2 Å². The number of carbonyl (C=O) groups is 1. The molecule has 21 heavy (non-hydrogen) atoms. The van der Waals surface area contributed by atoms with Crippen LogP contribution in [0.5, 0.6) is 5.88 Å². The molecule has 2 aromatic heterocycles. The van der Waals surface area contributed by atoms with E-state index in [0.29, 0.717) is 23.5 Å². The van der Waals surface area contributed by atoms with E-state index in [1.807, 2.05) is 20.8 Å². The summed E-state index contributed by atoms with van der Waals surface area (Å²) >= 11 is 5.80. The van der Waals surface area contributed by atoms with Gasteiger partial charge < -0.3 is 9.47 Å². The molecule has 2 aromatic rings. The standard InChI is InChI=1S/C13H17ClN4O3/c1-13(2,3)21-9(19)5-6-18-7-8-10(17-18)11(20-4)16-12(14)15-8/h7H,5-6H2,1-4H3. The van der Waals surface area contributed by atoms with E-state index in [0.717, 1.165) is 0 Å². The number of fused-ring (bicyclic) bond motifs is 1. The van der Waals surface area contributed by atoms with Crippen molar-refractivity contribution in [1.29, 1.82) is 0 Å². The molecule has 0 saturated carbocycles. The molecule has 0 atom stereocenters. The number of carbonyl (C=O) groups excluding carboxylic acids is 1. The Morgan fingerprint density at radius 1 is 1.38 bits per heavy atom. The second kappa shape index (κ2) is 5.85. The summed E-state index contributed by atoms with van der Waals surface area (Å²) in [6.07, 6.45) is 1.91. The Morgan fingerprint density at radius 2 is 2.10 bits per heavy atom. The van der Waals surface area contributed by atoms with Crippen molar-refractivity contribution in [3.05, 3.63) is 11.5 Å². The Balaban J connectivity index is 2.11. The normalized spacial score (nSPS) is 11.7. The molecule has 7 nitrogen and oxygen atoms in total. The Hall–Kier alpha value is -1.89. The number of hydrogen-bond acceptors (Lipinski definition) is 6. The highest BCUT2D eigenvalue weighted by molar-refractivity contribution is 6.28. The van der Waals surface area contributed by atoms with Crippen LogP contribution in [0.3, 0.4) is 0 Å². The van der Waals surface area contributed by atoms with E-state index in [4.69, 9.17) is 21.1 Å². The molecular formula is C13H17ClN4O3. The number of methoxy groups -OCH3 is 1. The molecule has 0 aliphatic heterocycles. The first-order valence-corrected chi connectivity index (χ1v) is 6.83. The molecule has 0 fully saturated rings. The Labute approximate surface area is 127 Å². The summed E-state index contributed by atoms with van der Waals surface area (Å²) in [6.45, 7) is 5.87. The maximum absolute atomic E-state index is 11.7. The first-order chi connectivity index (χ1) is 9.78. The fourth-order valence-corrected chi connectivity index (χ4v) is 1.93. The quantitative estimate of drug-likeness (QED) is 0.636. The highest BCUT2D eigenvalue weighted by Crippen LogP contribution is 2.22. The van der Waals surface area contributed by atoms with Gasteiger partial charge in [-0.1, -0.05) is 0 Å². The Kier molecular flexibility index (Phi) is 4.32. The molecule has 2 heterocycles. The third kappa shape index (κ3) is 4.04. The van der Waals surface area contributed by atoms with Crippen LogP contribution >= 0.6 is 11.6 Å². The van der Waals surface area contributed by atoms with Gasteiger partial charge in [-0.25, -0.2) is 4.98 Å². The van der Waals surface area contributed by atoms with E-state index in [9.17, 15) is 4.79 Å². The van der Waals surface area contributed by atoms with Crippen molar-refractivity contribution in [2.75, 3.05) is 7.11 Å². The lowest BCUT2D eigenvalue weighted by atomic mass is 10.2. The minimum absolute atomic E-state index is 0.0889. The topological polar surface area (TPSA) is 79.1 Å². The fourth-order valence-electron chi connectivity index (χ4n) is 1.76. The molecule has 0 N–H and O–H groups in total. The summed E-state index contributed by atoms with van der Waals surface area (Å²) in [5, 5.41) is 4.38. The van der Waals surface area contributed by atoms with Crippen LogP contribution in [0.15, 0.2) is 6.20 Å². The minimum atomic E-state index is -0.492. The molecule has 0 radical (unpaired) electrons. The predicted molar refractivity (Wildman–Crippen MR) is 77.3 cm³/mol. The van der Waals surface area contributed by atoms with Crippen molar-refractivity contribution in [3.8, 4) is 5.88 Å². The molecule has 0 amide bonds. The first-order valence-electron chi connectivity index (χ1n) is 6.45. The highest BCUT2D eigenvalue weighted by atomic mass is 35.5. The van der Waals surface area contributed by atoms with Crippen LogP contribution in [-0.2, 0) is 16.1 Å². The molecule has 2 rings (SSSR count). The number of nitrogens with zero attached hydrogens (tertiary/aromatic N) is 4. The molecule has 114 valence electrons. The van der Waals surface area contributed by atoms with Crippen LogP contribution < -0.4 is 4.74 Å². The molecule has 0 aromatic carbocycles. The SMILES string of the molecule is COc1nc(Cl)nc2cn(CCC(=O)OC(C)(C)C)nc12. The van der Waals surface area contributed by atoms with Gasteiger partial charge in [0.1, 0.15) is 11.1 Å². The van der Waals surface area contributed by atoms with Crippen LogP contribution in [0.25, 0.3) is 11.0 Å². The van der Waals surface area contributed by atoms with E-state index < -0.39 is 5.60 Å². The van der Waals surface area contributed by atoms with E-state index in [2.05, 4.69) is 15.1 Å². The average Bonchev–Trinajstić information content (AvgIpc) is 2.76. The van der Waals surface area contributed by atoms with Crippen molar-refractivity contribution in [3.63, 3.8) is 0 Å². The molecule has 0 saturated heterocycles. The molecule has 0 spiro atoms. The number of ether oxygens (including phenoxy) is 2. The lowest BCUT2D eigenvalue weighted by molar-refractivity contribution is -0.155. The Morgan fingerprint density at radius 3 is 2.71 bits per heavy atom. The summed E-state index contributed by atoms with van der Waals surface area (Å²) in [5.74, 6) is 0.0270. The number of aromatic nitrogens is 4. The van der Waals surface area contributed by atoms with E-state index in [1.54, 1.807) is 10.9 Å². The van der Waals surface area contributed by atoms with E-state index in [1.165, 1.54) is 7.11 Å². The number of halogens is 1. The smallest absolute Gasteiger partial charge is 0.308 e. The van der Waals surface area contributed by atoms with E-state index in [-0.39, 0.29) is 17.7 Å². The monoisotopic (exact) mass is 312 g/mol. The van der Waals surface area contributed by atoms with Crippen LogP contribution in [0.1, 0.15) is 27.2 Å². The second-order valence-corrected chi connectivity index (χ2v) is 5.80. The van der Waals surface area contributed by atoms with Crippen LogP contribution in [0.2, 0.25) is 5.28 Å². The number of rotatable bonds is 4. The molecule has 0 aliphatic rings. The van der Waals surface area contributed by atoms with Gasteiger partial charge in [-0.05, 0) is 32.4 Å². The summed E-state index contributed by atoms with van der Waals surface area (Å²) in [4.78, 5) is 19.7. The number of esters is 1. The summed E-state index contributed by atoms with van der Waals surface area (Å²) in [6, 6.07) is 0. The lowest BCUT2D eigenvalue weighted by Crippen LogP contribution is -2.24. The fraction of sp³-hybridized carbons (Fsp3) is 0.538. The van der Waals surface area contributed by atoms with Gasteiger partial charge in [0.25, 0.3) is 0 Å². The van der Waals surface area contributed by atoms with Crippen molar-refractivity contribution < 1.29 is 14.3 Å². The van der Waals surface area contributed by atoms with Crippen molar-refractivity contribution in [1.82, 2.24) is 19.7 Å². The lowest BCUT2D eigenvalue weighted by Gasteiger charge is -2.19. The summed E-state index contributed by atoms with van der Waals surface area (Å²) in [7, 11) is 1.48. The van der Waals surface area contributed by atoms with Crippen molar-refractivity contribution in [2.45, 2.75) is 39.3 Å². The zero-order chi connectivity index (χ0) is 15.6. The van der Waals surface area contributed by atoms with Crippen molar-refractivity contribution in [2.24, 2.45) is 0 Å². The summed E-state index contributed by atoms with van der Waals surface area (Å²) in [5.41, 5.74) is 0.579. The van der Waals surface area contributed by atoms with Crippen LogP contribution in [-0.4, -0.2) is 38.4 Å². The zero-order valence-electron chi connectivity index (χ0n) is 12.4. The van der Waals surface area contributed by atoms with E-state index >= 15 is 0 Å². The average molecular weight is 313 g/mol. The van der Waals surface area contributed by atoms with Gasteiger partial charge in [-0.3, -0.25) is 9.48 Å². The molecule has 8 heteroatoms. The van der Waals surface area contributed by atoms with Gasteiger partial charge in [0.05, 0.1) is 26.3 Å². The number of aryl methyl sites for hydroxylation is 1. The van der Waals surface area contributed by atoms with Crippen molar-refractivity contribution >= 4 is 28.6 Å². The van der Waals surface area contributed by atoms with Crippen LogP contribution in [0.4, 0.5) is 0 Å². The molecule has 0 aliphatic carbocycles.